The van der Waals surface area contributed by atoms with Gasteiger partial charge in [0.2, 0.25) is 5.91 Å². The van der Waals surface area contributed by atoms with E-state index in [9.17, 15) is 4.79 Å². The van der Waals surface area contributed by atoms with Crippen molar-refractivity contribution in [3.63, 3.8) is 0 Å². The number of carbonyl (C=O) groups excluding carboxylic acids is 1. The van der Waals surface area contributed by atoms with Crippen molar-refractivity contribution >= 4 is 17.6 Å². The predicted molar refractivity (Wildman–Crippen MR) is 139 cm³/mol. The largest absolute Gasteiger partial charge is 0.385 e. The number of rotatable bonds is 13. The molecule has 3 atom stereocenters. The van der Waals surface area contributed by atoms with Gasteiger partial charge in [-0.2, -0.15) is 0 Å². The molecule has 0 aromatic carbocycles. The first kappa shape index (κ1) is 26.4. The number of unbranched alkanes of at least 4 members (excludes halogenated alkanes) is 1. The van der Waals surface area contributed by atoms with Gasteiger partial charge in [-0.15, -0.1) is 0 Å². The smallest absolute Gasteiger partial charge is 0.222 e. The van der Waals surface area contributed by atoms with E-state index in [0.29, 0.717) is 37.9 Å². The first-order valence-corrected chi connectivity index (χ1v) is 13.1. The highest BCUT2D eigenvalue weighted by molar-refractivity contribution is 6.11. The SMILES string of the molecule is CCCCOC(C)N=C1C(C(N)=NCC)NC(=O)CCN1CC1C=C(CNCC2CC2)C=CC1. The molecule has 1 saturated carbocycles. The molecule has 2 aliphatic carbocycles. The third-order valence-corrected chi connectivity index (χ3v) is 6.44. The summed E-state index contributed by atoms with van der Waals surface area (Å²) in [6.07, 6.45) is 12.7. The third kappa shape index (κ3) is 8.55. The Balaban J connectivity index is 1.76. The second kappa shape index (κ2) is 13.6. The van der Waals surface area contributed by atoms with Crippen LogP contribution in [0.25, 0.3) is 0 Å². The molecule has 0 aromatic rings. The van der Waals surface area contributed by atoms with Gasteiger partial charge in [0.25, 0.3) is 0 Å². The van der Waals surface area contributed by atoms with Crippen LogP contribution in [0.2, 0.25) is 0 Å². The molecule has 0 radical (unpaired) electrons. The minimum Gasteiger partial charge on any atom is -0.385 e. The summed E-state index contributed by atoms with van der Waals surface area (Å²) in [5, 5.41) is 6.64. The van der Waals surface area contributed by atoms with Crippen LogP contribution in [0.5, 0.6) is 0 Å². The maximum atomic E-state index is 12.5. The number of hydrogen-bond acceptors (Lipinski definition) is 5. The Bertz CT molecular complexity index is 786. The van der Waals surface area contributed by atoms with E-state index >= 15 is 0 Å². The molecule has 0 bridgehead atoms. The van der Waals surface area contributed by atoms with E-state index in [-0.39, 0.29) is 12.1 Å². The summed E-state index contributed by atoms with van der Waals surface area (Å²) < 4.78 is 5.93. The molecule has 1 heterocycles. The molecule has 1 aliphatic heterocycles. The Morgan fingerprint density at radius 1 is 1.38 bits per heavy atom. The van der Waals surface area contributed by atoms with E-state index < -0.39 is 6.04 Å². The van der Waals surface area contributed by atoms with Gasteiger partial charge in [-0.1, -0.05) is 31.6 Å². The molecule has 4 N–H and O–H groups in total. The van der Waals surface area contributed by atoms with Crippen LogP contribution in [0.1, 0.15) is 59.3 Å². The molecular formula is C26H44N6O2. The lowest BCUT2D eigenvalue weighted by molar-refractivity contribution is -0.120. The molecule has 190 valence electrons. The van der Waals surface area contributed by atoms with Crippen LogP contribution in [-0.4, -0.2) is 74.1 Å². The van der Waals surface area contributed by atoms with E-state index in [1.165, 1.54) is 18.4 Å². The van der Waals surface area contributed by atoms with E-state index in [1.807, 2.05) is 13.8 Å². The monoisotopic (exact) mass is 472 g/mol. The summed E-state index contributed by atoms with van der Waals surface area (Å²) in [5.41, 5.74) is 7.67. The number of aliphatic imine (C=N–C) groups is 2. The fourth-order valence-corrected chi connectivity index (χ4v) is 4.37. The number of allylic oxidation sites excluding steroid dienone is 1. The summed E-state index contributed by atoms with van der Waals surface area (Å²) in [6.45, 7) is 10.7. The van der Waals surface area contributed by atoms with Crippen molar-refractivity contribution in [1.82, 2.24) is 15.5 Å². The quantitative estimate of drug-likeness (QED) is 0.217. The van der Waals surface area contributed by atoms with Crippen LogP contribution in [-0.2, 0) is 9.53 Å². The summed E-state index contributed by atoms with van der Waals surface area (Å²) in [6, 6.07) is -0.532. The first-order chi connectivity index (χ1) is 16.5. The zero-order valence-electron chi connectivity index (χ0n) is 21.3. The Morgan fingerprint density at radius 3 is 2.94 bits per heavy atom. The summed E-state index contributed by atoms with van der Waals surface area (Å²) >= 11 is 0. The van der Waals surface area contributed by atoms with Crippen molar-refractivity contribution in [2.45, 2.75) is 71.6 Å². The Kier molecular flexibility index (Phi) is 10.6. The molecule has 3 aliphatic rings. The molecule has 1 amide bonds. The molecule has 34 heavy (non-hydrogen) atoms. The van der Waals surface area contributed by atoms with E-state index in [1.54, 1.807) is 0 Å². The van der Waals surface area contributed by atoms with Crippen molar-refractivity contribution in [3.05, 3.63) is 23.8 Å². The number of nitrogens with two attached hydrogens (primary N) is 1. The number of nitrogens with one attached hydrogen (secondary N) is 2. The molecule has 8 heteroatoms. The highest BCUT2D eigenvalue weighted by Crippen LogP contribution is 2.27. The molecule has 2 fully saturated rings. The van der Waals surface area contributed by atoms with Crippen molar-refractivity contribution < 1.29 is 9.53 Å². The van der Waals surface area contributed by atoms with Gasteiger partial charge in [-0.25, -0.2) is 4.99 Å². The van der Waals surface area contributed by atoms with Crippen LogP contribution in [0.4, 0.5) is 0 Å². The number of carbonyl (C=O) groups is 1. The number of ether oxygens (including phenoxy) is 1. The molecule has 3 unspecified atom stereocenters. The van der Waals surface area contributed by atoms with Crippen LogP contribution >= 0.6 is 0 Å². The number of amides is 1. The molecule has 3 rings (SSSR count). The van der Waals surface area contributed by atoms with Gasteiger partial charge >= 0.3 is 0 Å². The lowest BCUT2D eigenvalue weighted by Gasteiger charge is -2.32. The molecular weight excluding hydrogens is 428 g/mol. The molecule has 1 saturated heterocycles. The van der Waals surface area contributed by atoms with E-state index in [2.05, 4.69) is 45.7 Å². The molecule has 0 spiro atoms. The van der Waals surface area contributed by atoms with Crippen LogP contribution in [0.15, 0.2) is 33.8 Å². The van der Waals surface area contributed by atoms with Gasteiger partial charge in [0.1, 0.15) is 23.9 Å². The normalized spacial score (nSPS) is 25.8. The molecule has 0 aromatic heterocycles. The first-order valence-electron chi connectivity index (χ1n) is 13.1. The van der Waals surface area contributed by atoms with E-state index in [0.717, 1.165) is 50.7 Å². The van der Waals surface area contributed by atoms with Gasteiger partial charge in [0.05, 0.1) is 0 Å². The van der Waals surface area contributed by atoms with Gasteiger partial charge < -0.3 is 26.0 Å². The summed E-state index contributed by atoms with van der Waals surface area (Å²) in [7, 11) is 0. The van der Waals surface area contributed by atoms with Gasteiger partial charge in [0.15, 0.2) is 0 Å². The van der Waals surface area contributed by atoms with Crippen LogP contribution < -0.4 is 16.4 Å². The standard InChI is InChI=1S/C26H44N6O2/c1-4-6-14-34-19(3)30-26-24(25(27)29-5-2)31-23(33)12-13-32(26)18-22-9-7-8-21(15-22)17-28-16-20-10-11-20/h7-8,15,19-20,22,24,28H,4-6,9-14,16-18H2,1-3H3,(H2,27,29)(H,31,33). The fourth-order valence-electron chi connectivity index (χ4n) is 4.37. The zero-order valence-corrected chi connectivity index (χ0v) is 21.3. The molecule has 8 nitrogen and oxygen atoms in total. The number of hydrogen-bond donors (Lipinski definition) is 3. The predicted octanol–water partition coefficient (Wildman–Crippen LogP) is 2.62. The van der Waals surface area contributed by atoms with Crippen LogP contribution in [0.3, 0.4) is 0 Å². The fraction of sp³-hybridized carbons (Fsp3) is 0.731. The Labute approximate surface area is 205 Å². The zero-order chi connectivity index (χ0) is 24.3. The maximum Gasteiger partial charge on any atom is 0.222 e. The lowest BCUT2D eigenvalue weighted by Crippen LogP contribution is -2.53. The summed E-state index contributed by atoms with van der Waals surface area (Å²) in [5.74, 6) is 2.34. The topological polar surface area (TPSA) is 104 Å². The Morgan fingerprint density at radius 2 is 2.21 bits per heavy atom. The maximum absolute atomic E-state index is 12.5. The van der Waals surface area contributed by atoms with Gasteiger partial charge in [-0.05, 0) is 63.5 Å². The lowest BCUT2D eigenvalue weighted by atomic mass is 9.95. The average molecular weight is 473 g/mol. The average Bonchev–Trinajstić information content (AvgIpc) is 3.65. The summed E-state index contributed by atoms with van der Waals surface area (Å²) in [4.78, 5) is 24.1. The van der Waals surface area contributed by atoms with Crippen molar-refractivity contribution in [3.8, 4) is 0 Å². The third-order valence-electron chi connectivity index (χ3n) is 6.44. The van der Waals surface area contributed by atoms with Gasteiger partial charge in [-0.3, -0.25) is 9.79 Å². The Hall–Kier alpha value is -2.19. The van der Waals surface area contributed by atoms with Crippen molar-refractivity contribution in [2.24, 2.45) is 27.6 Å². The highest BCUT2D eigenvalue weighted by Gasteiger charge is 2.32. The highest BCUT2D eigenvalue weighted by atomic mass is 16.5. The minimum atomic E-state index is -0.532. The van der Waals surface area contributed by atoms with Crippen molar-refractivity contribution in [1.29, 1.82) is 0 Å². The second-order valence-corrected chi connectivity index (χ2v) is 9.62. The van der Waals surface area contributed by atoms with Crippen molar-refractivity contribution in [2.75, 3.05) is 39.3 Å². The van der Waals surface area contributed by atoms with Gasteiger partial charge in [0, 0.05) is 39.2 Å². The van der Waals surface area contributed by atoms with E-state index in [4.69, 9.17) is 15.5 Å². The second-order valence-electron chi connectivity index (χ2n) is 9.62. The number of amidine groups is 2. The number of nitrogens with zero attached hydrogens (tertiary/aromatic N) is 3. The minimum absolute atomic E-state index is 0.0296. The van der Waals surface area contributed by atoms with Crippen LogP contribution in [0, 0.1) is 11.8 Å².